The van der Waals surface area contributed by atoms with Crippen molar-refractivity contribution in [3.63, 3.8) is 0 Å². The molecule has 1 rings (SSSR count). The van der Waals surface area contributed by atoms with Crippen LogP contribution in [0.15, 0.2) is 0 Å². The summed E-state index contributed by atoms with van der Waals surface area (Å²) in [6, 6.07) is 1.69. The fraction of sp³-hybridized carbons (Fsp3) is 1.00. The molecule has 0 spiro atoms. The second kappa shape index (κ2) is 7.25. The molecular weight excluding hydrogens is 200 g/mol. The molecular formula is C13H28N2O. The molecule has 2 N–H and O–H groups in total. The summed E-state index contributed by atoms with van der Waals surface area (Å²) in [5, 5.41) is 7.18. The number of hydrogen-bond donors (Lipinski definition) is 2. The van der Waals surface area contributed by atoms with E-state index in [1.807, 2.05) is 0 Å². The van der Waals surface area contributed by atoms with Crippen molar-refractivity contribution in [1.29, 1.82) is 0 Å². The third-order valence-electron chi connectivity index (χ3n) is 3.68. The summed E-state index contributed by atoms with van der Waals surface area (Å²) in [5.41, 5.74) is 0. The molecule has 1 saturated heterocycles. The molecule has 0 aliphatic carbocycles. The Labute approximate surface area is 100 Å². The summed E-state index contributed by atoms with van der Waals surface area (Å²) in [4.78, 5) is 0. The van der Waals surface area contributed by atoms with Crippen LogP contribution in [0, 0.1) is 5.92 Å². The van der Waals surface area contributed by atoms with Crippen molar-refractivity contribution in [3.8, 4) is 0 Å². The molecule has 1 fully saturated rings. The van der Waals surface area contributed by atoms with E-state index in [1.54, 1.807) is 0 Å². The average Bonchev–Trinajstić information content (AvgIpc) is 2.29. The van der Waals surface area contributed by atoms with Crippen LogP contribution in [0.5, 0.6) is 0 Å². The maximum atomic E-state index is 5.47. The molecule has 0 bridgehead atoms. The van der Waals surface area contributed by atoms with E-state index in [0.29, 0.717) is 18.1 Å². The molecule has 1 aliphatic rings. The van der Waals surface area contributed by atoms with Gasteiger partial charge in [-0.3, -0.25) is 0 Å². The second-order valence-corrected chi connectivity index (χ2v) is 5.20. The maximum absolute atomic E-state index is 5.47. The van der Waals surface area contributed by atoms with Crippen molar-refractivity contribution in [2.45, 2.75) is 58.7 Å². The first-order valence-corrected chi connectivity index (χ1v) is 6.70. The zero-order chi connectivity index (χ0) is 12.0. The summed E-state index contributed by atoms with van der Waals surface area (Å²) in [6.07, 6.45) is 2.40. The Kier molecular flexibility index (Phi) is 6.32. The van der Waals surface area contributed by atoms with Crippen molar-refractivity contribution in [2.24, 2.45) is 5.92 Å². The van der Waals surface area contributed by atoms with Gasteiger partial charge in [-0.2, -0.15) is 0 Å². The van der Waals surface area contributed by atoms with E-state index in [0.717, 1.165) is 32.1 Å². The molecule has 1 heterocycles. The third-order valence-corrected chi connectivity index (χ3v) is 3.68. The standard InChI is InChI=1S/C13H28N2O/c1-5-10(2)12(4)15-11(3)8-13-9-16-7-6-14-13/h10-15H,5-9H2,1-4H3. The predicted molar refractivity (Wildman–Crippen MR) is 68.7 cm³/mol. The van der Waals surface area contributed by atoms with Crippen molar-refractivity contribution in [3.05, 3.63) is 0 Å². The van der Waals surface area contributed by atoms with Crippen molar-refractivity contribution in [2.75, 3.05) is 19.8 Å². The monoisotopic (exact) mass is 228 g/mol. The Morgan fingerprint density at radius 3 is 2.69 bits per heavy atom. The highest BCUT2D eigenvalue weighted by molar-refractivity contribution is 4.78. The lowest BCUT2D eigenvalue weighted by atomic mass is 9.99. The van der Waals surface area contributed by atoms with Crippen LogP contribution in [0.2, 0.25) is 0 Å². The van der Waals surface area contributed by atoms with Gasteiger partial charge in [-0.25, -0.2) is 0 Å². The van der Waals surface area contributed by atoms with Gasteiger partial charge < -0.3 is 15.4 Å². The highest BCUT2D eigenvalue weighted by Crippen LogP contribution is 2.09. The zero-order valence-corrected chi connectivity index (χ0v) is 11.3. The van der Waals surface area contributed by atoms with Crippen molar-refractivity contribution >= 4 is 0 Å². The lowest BCUT2D eigenvalue weighted by molar-refractivity contribution is 0.0705. The Bertz CT molecular complexity index is 177. The van der Waals surface area contributed by atoms with Gasteiger partial charge in [-0.05, 0) is 26.2 Å². The third kappa shape index (κ3) is 4.81. The van der Waals surface area contributed by atoms with Crippen LogP contribution in [0.1, 0.15) is 40.5 Å². The van der Waals surface area contributed by atoms with E-state index < -0.39 is 0 Å². The Morgan fingerprint density at radius 2 is 2.12 bits per heavy atom. The van der Waals surface area contributed by atoms with Crippen molar-refractivity contribution in [1.82, 2.24) is 10.6 Å². The number of rotatable bonds is 6. The first-order chi connectivity index (χ1) is 7.63. The van der Waals surface area contributed by atoms with Gasteiger partial charge in [0.05, 0.1) is 13.2 Å². The lowest BCUT2D eigenvalue weighted by Crippen LogP contribution is -2.47. The van der Waals surface area contributed by atoms with Gasteiger partial charge in [0.1, 0.15) is 0 Å². The Morgan fingerprint density at radius 1 is 1.38 bits per heavy atom. The summed E-state index contributed by atoms with van der Waals surface area (Å²) >= 11 is 0. The average molecular weight is 228 g/mol. The Balaban J connectivity index is 2.20. The van der Waals surface area contributed by atoms with E-state index in [-0.39, 0.29) is 0 Å². The van der Waals surface area contributed by atoms with E-state index in [9.17, 15) is 0 Å². The molecule has 3 nitrogen and oxygen atoms in total. The second-order valence-electron chi connectivity index (χ2n) is 5.20. The molecule has 0 aromatic carbocycles. The molecule has 0 aromatic heterocycles. The molecule has 3 heteroatoms. The molecule has 0 aromatic rings. The Hall–Kier alpha value is -0.120. The lowest BCUT2D eigenvalue weighted by Gasteiger charge is -2.29. The number of ether oxygens (including phenoxy) is 1. The van der Waals surface area contributed by atoms with Crippen molar-refractivity contribution < 1.29 is 4.74 Å². The van der Waals surface area contributed by atoms with Crippen LogP contribution < -0.4 is 10.6 Å². The van der Waals surface area contributed by atoms with E-state index >= 15 is 0 Å². The van der Waals surface area contributed by atoms with E-state index in [1.165, 1.54) is 6.42 Å². The van der Waals surface area contributed by atoms with Crippen LogP contribution in [0.4, 0.5) is 0 Å². The van der Waals surface area contributed by atoms with Crippen LogP contribution in [-0.2, 0) is 4.74 Å². The van der Waals surface area contributed by atoms with Crippen LogP contribution >= 0.6 is 0 Å². The van der Waals surface area contributed by atoms with Gasteiger partial charge in [-0.15, -0.1) is 0 Å². The van der Waals surface area contributed by atoms with Gasteiger partial charge in [0, 0.05) is 24.7 Å². The SMILES string of the molecule is CCC(C)C(C)NC(C)CC1COCCN1. The highest BCUT2D eigenvalue weighted by Gasteiger charge is 2.18. The molecule has 1 aliphatic heterocycles. The summed E-state index contributed by atoms with van der Waals surface area (Å²) in [6.45, 7) is 11.9. The predicted octanol–water partition coefficient (Wildman–Crippen LogP) is 1.78. The minimum absolute atomic E-state index is 0.528. The van der Waals surface area contributed by atoms with Crippen LogP contribution in [0.3, 0.4) is 0 Å². The zero-order valence-electron chi connectivity index (χ0n) is 11.3. The topological polar surface area (TPSA) is 33.3 Å². The minimum Gasteiger partial charge on any atom is -0.379 e. The molecule has 0 radical (unpaired) electrons. The quantitative estimate of drug-likeness (QED) is 0.727. The van der Waals surface area contributed by atoms with E-state index in [2.05, 4.69) is 38.3 Å². The van der Waals surface area contributed by atoms with Gasteiger partial charge in [0.25, 0.3) is 0 Å². The smallest absolute Gasteiger partial charge is 0.0620 e. The molecule has 16 heavy (non-hydrogen) atoms. The van der Waals surface area contributed by atoms with Crippen LogP contribution in [-0.4, -0.2) is 37.9 Å². The van der Waals surface area contributed by atoms with Gasteiger partial charge in [-0.1, -0.05) is 20.3 Å². The number of nitrogens with one attached hydrogen (secondary N) is 2. The summed E-state index contributed by atoms with van der Waals surface area (Å²) in [7, 11) is 0. The molecule has 4 atom stereocenters. The van der Waals surface area contributed by atoms with E-state index in [4.69, 9.17) is 4.74 Å². The largest absolute Gasteiger partial charge is 0.379 e. The number of hydrogen-bond acceptors (Lipinski definition) is 3. The van der Waals surface area contributed by atoms with Crippen LogP contribution in [0.25, 0.3) is 0 Å². The summed E-state index contributed by atoms with van der Waals surface area (Å²) in [5.74, 6) is 0.748. The minimum atomic E-state index is 0.528. The number of morpholine rings is 1. The first-order valence-electron chi connectivity index (χ1n) is 6.70. The maximum Gasteiger partial charge on any atom is 0.0620 e. The molecule has 0 saturated carbocycles. The van der Waals surface area contributed by atoms with Gasteiger partial charge >= 0.3 is 0 Å². The van der Waals surface area contributed by atoms with Gasteiger partial charge in [0.2, 0.25) is 0 Å². The normalized spacial score (nSPS) is 27.4. The molecule has 96 valence electrons. The molecule has 4 unspecified atom stereocenters. The summed E-state index contributed by atoms with van der Waals surface area (Å²) < 4.78 is 5.47. The fourth-order valence-electron chi connectivity index (χ4n) is 2.23. The fourth-order valence-corrected chi connectivity index (χ4v) is 2.23. The highest BCUT2D eigenvalue weighted by atomic mass is 16.5. The van der Waals surface area contributed by atoms with Gasteiger partial charge in [0.15, 0.2) is 0 Å². The first kappa shape index (κ1) is 13.9. The molecule has 0 amide bonds.